The van der Waals surface area contributed by atoms with Gasteiger partial charge in [0, 0.05) is 17.2 Å². The maximum atomic E-state index is 12.2. The van der Waals surface area contributed by atoms with E-state index in [2.05, 4.69) is 15.2 Å². The second kappa shape index (κ2) is 8.18. The predicted molar refractivity (Wildman–Crippen MR) is 99.5 cm³/mol. The molecule has 2 aromatic carbocycles. The van der Waals surface area contributed by atoms with E-state index < -0.39 is 0 Å². The smallest absolute Gasteiger partial charge is 0.273 e. The van der Waals surface area contributed by atoms with E-state index in [4.69, 9.17) is 16.3 Å². The predicted octanol–water partition coefficient (Wildman–Crippen LogP) is 3.71. The third-order valence-electron chi connectivity index (χ3n) is 3.56. The Labute approximate surface area is 154 Å². The summed E-state index contributed by atoms with van der Waals surface area (Å²) in [6, 6.07) is 15.1. The maximum absolute atomic E-state index is 12.2. The van der Waals surface area contributed by atoms with Gasteiger partial charge in [0.15, 0.2) is 5.16 Å². The molecule has 1 aromatic heterocycles. The lowest BCUT2D eigenvalue weighted by Crippen LogP contribution is -2.17. The number of aromatic amines is 1. The molecule has 0 saturated heterocycles. The van der Waals surface area contributed by atoms with Crippen LogP contribution in [0.15, 0.2) is 58.5 Å². The van der Waals surface area contributed by atoms with Gasteiger partial charge >= 0.3 is 0 Å². The number of methoxy groups -OCH3 is 1. The zero-order chi connectivity index (χ0) is 17.6. The van der Waals surface area contributed by atoms with E-state index in [-0.39, 0.29) is 5.56 Å². The minimum absolute atomic E-state index is 0.218. The third kappa shape index (κ3) is 4.84. The van der Waals surface area contributed by atoms with Crippen LogP contribution in [0.2, 0.25) is 5.02 Å². The Balaban J connectivity index is 1.65. The fourth-order valence-corrected chi connectivity index (χ4v) is 3.08. The Bertz CT molecular complexity index is 895. The number of aromatic nitrogens is 3. The van der Waals surface area contributed by atoms with Crippen molar-refractivity contribution in [1.82, 2.24) is 15.2 Å². The monoisotopic (exact) mass is 373 g/mol. The number of halogens is 1. The van der Waals surface area contributed by atoms with E-state index in [1.54, 1.807) is 7.11 Å². The molecule has 0 radical (unpaired) electrons. The van der Waals surface area contributed by atoms with Crippen molar-refractivity contribution in [2.24, 2.45) is 0 Å². The van der Waals surface area contributed by atoms with Crippen molar-refractivity contribution in [3.05, 3.63) is 80.7 Å². The summed E-state index contributed by atoms with van der Waals surface area (Å²) in [4.78, 5) is 15.0. The average Bonchev–Trinajstić information content (AvgIpc) is 2.64. The number of hydrogen-bond donors (Lipinski definition) is 1. The van der Waals surface area contributed by atoms with Crippen LogP contribution in [-0.4, -0.2) is 22.3 Å². The molecule has 3 aromatic rings. The zero-order valence-corrected chi connectivity index (χ0v) is 15.1. The Hall–Kier alpha value is -2.31. The quantitative estimate of drug-likeness (QED) is 0.667. The molecule has 0 aliphatic carbocycles. The molecule has 1 heterocycles. The van der Waals surface area contributed by atoms with Crippen LogP contribution in [-0.2, 0) is 12.2 Å². The summed E-state index contributed by atoms with van der Waals surface area (Å²) in [6.07, 6.45) is 0.425. The number of H-pyrrole nitrogens is 1. The van der Waals surface area contributed by atoms with Crippen LogP contribution in [0.4, 0.5) is 0 Å². The third-order valence-corrected chi connectivity index (χ3v) is 4.75. The minimum atomic E-state index is -0.218. The van der Waals surface area contributed by atoms with Gasteiger partial charge in [-0.05, 0) is 35.4 Å². The van der Waals surface area contributed by atoms with Crippen LogP contribution in [0, 0.1) is 0 Å². The van der Waals surface area contributed by atoms with Crippen LogP contribution in [0.3, 0.4) is 0 Å². The molecule has 0 fully saturated rings. The number of nitrogens with zero attached hydrogens (tertiary/aromatic N) is 2. The Morgan fingerprint density at radius 1 is 1.04 bits per heavy atom. The lowest BCUT2D eigenvalue weighted by atomic mass is 10.1. The molecule has 0 saturated carbocycles. The van der Waals surface area contributed by atoms with Crippen LogP contribution in [0.25, 0.3) is 0 Å². The summed E-state index contributed by atoms with van der Waals surface area (Å²) in [7, 11) is 1.62. The van der Waals surface area contributed by atoms with Crippen LogP contribution in [0.1, 0.15) is 16.8 Å². The van der Waals surface area contributed by atoms with E-state index in [1.165, 1.54) is 11.8 Å². The summed E-state index contributed by atoms with van der Waals surface area (Å²) in [5, 5.41) is 9.38. The normalized spacial score (nSPS) is 10.6. The molecule has 0 spiro atoms. The minimum Gasteiger partial charge on any atom is -0.497 e. The highest BCUT2D eigenvalue weighted by Gasteiger charge is 2.07. The number of hydrogen-bond acceptors (Lipinski definition) is 5. The zero-order valence-electron chi connectivity index (χ0n) is 13.5. The molecule has 25 heavy (non-hydrogen) atoms. The molecule has 0 bridgehead atoms. The fourth-order valence-electron chi connectivity index (χ4n) is 2.20. The van der Waals surface area contributed by atoms with E-state index in [0.717, 1.165) is 16.9 Å². The molecule has 0 aliphatic heterocycles. The van der Waals surface area contributed by atoms with E-state index >= 15 is 0 Å². The lowest BCUT2D eigenvalue weighted by Gasteiger charge is -2.04. The largest absolute Gasteiger partial charge is 0.497 e. The number of ether oxygens (including phenoxy) is 1. The highest BCUT2D eigenvalue weighted by atomic mass is 35.5. The van der Waals surface area contributed by atoms with Crippen molar-refractivity contribution >= 4 is 23.4 Å². The molecule has 128 valence electrons. The first-order chi connectivity index (χ1) is 12.1. The number of rotatable bonds is 6. The highest BCUT2D eigenvalue weighted by Crippen LogP contribution is 2.19. The highest BCUT2D eigenvalue weighted by molar-refractivity contribution is 7.98. The second-order valence-electron chi connectivity index (χ2n) is 5.35. The Kier molecular flexibility index (Phi) is 5.73. The summed E-state index contributed by atoms with van der Waals surface area (Å²) < 4.78 is 5.12. The van der Waals surface area contributed by atoms with Crippen molar-refractivity contribution in [2.45, 2.75) is 17.3 Å². The molecule has 0 aliphatic rings. The van der Waals surface area contributed by atoms with Crippen LogP contribution < -0.4 is 10.3 Å². The molecule has 3 rings (SSSR count). The fraction of sp³-hybridized carbons (Fsp3) is 0.167. The van der Waals surface area contributed by atoms with E-state index in [1.807, 2.05) is 48.5 Å². The molecular formula is C18H16ClN3O2S. The van der Waals surface area contributed by atoms with E-state index in [9.17, 15) is 4.79 Å². The molecule has 7 heteroatoms. The first-order valence-electron chi connectivity index (χ1n) is 7.60. The summed E-state index contributed by atoms with van der Waals surface area (Å²) >= 11 is 7.29. The topological polar surface area (TPSA) is 67.9 Å². The van der Waals surface area contributed by atoms with Gasteiger partial charge in [0.05, 0.1) is 7.11 Å². The van der Waals surface area contributed by atoms with Gasteiger partial charge in [0.2, 0.25) is 0 Å². The van der Waals surface area contributed by atoms with Gasteiger partial charge in [0.25, 0.3) is 5.56 Å². The van der Waals surface area contributed by atoms with Gasteiger partial charge in [-0.25, -0.2) is 0 Å². The van der Waals surface area contributed by atoms with E-state index in [0.29, 0.717) is 28.0 Å². The molecule has 0 unspecified atom stereocenters. The molecule has 1 N–H and O–H groups in total. The van der Waals surface area contributed by atoms with Crippen LogP contribution in [0.5, 0.6) is 5.75 Å². The second-order valence-corrected chi connectivity index (χ2v) is 6.75. The van der Waals surface area contributed by atoms with Gasteiger partial charge in [-0.3, -0.25) is 9.78 Å². The van der Waals surface area contributed by atoms with Crippen molar-refractivity contribution in [3.63, 3.8) is 0 Å². The SMILES string of the molecule is COc1ccc(Cc2nnc(SCc3ccc(Cl)cc3)[nH]c2=O)cc1. The number of thioether (sulfide) groups is 1. The van der Waals surface area contributed by atoms with Gasteiger partial charge < -0.3 is 4.74 Å². The van der Waals surface area contributed by atoms with Crippen molar-refractivity contribution in [1.29, 1.82) is 0 Å². The van der Waals surface area contributed by atoms with Crippen molar-refractivity contribution in [2.75, 3.05) is 7.11 Å². The number of nitrogens with one attached hydrogen (secondary N) is 1. The van der Waals surface area contributed by atoms with Gasteiger partial charge in [-0.1, -0.05) is 47.6 Å². The maximum Gasteiger partial charge on any atom is 0.273 e. The van der Waals surface area contributed by atoms with Crippen molar-refractivity contribution < 1.29 is 4.74 Å². The number of benzene rings is 2. The molecule has 0 atom stereocenters. The summed E-state index contributed by atoms with van der Waals surface area (Å²) in [5.41, 5.74) is 2.24. The summed E-state index contributed by atoms with van der Waals surface area (Å²) in [6.45, 7) is 0. The Morgan fingerprint density at radius 3 is 2.36 bits per heavy atom. The molecular weight excluding hydrogens is 358 g/mol. The lowest BCUT2D eigenvalue weighted by molar-refractivity contribution is 0.414. The Morgan fingerprint density at radius 2 is 1.72 bits per heavy atom. The summed E-state index contributed by atoms with van der Waals surface area (Å²) in [5.74, 6) is 1.46. The van der Waals surface area contributed by atoms with Crippen LogP contribution >= 0.6 is 23.4 Å². The average molecular weight is 374 g/mol. The van der Waals surface area contributed by atoms with Gasteiger partial charge in [-0.2, -0.15) is 0 Å². The standard InChI is InChI=1S/C18H16ClN3O2S/c1-24-15-8-4-12(5-9-15)10-16-17(23)20-18(22-21-16)25-11-13-2-6-14(19)7-3-13/h2-9H,10-11H2,1H3,(H,20,22,23). The molecule has 5 nitrogen and oxygen atoms in total. The van der Waals surface area contributed by atoms with Gasteiger partial charge in [0.1, 0.15) is 11.4 Å². The molecule has 0 amide bonds. The first kappa shape index (κ1) is 17.5. The van der Waals surface area contributed by atoms with Crippen molar-refractivity contribution in [3.8, 4) is 5.75 Å². The van der Waals surface area contributed by atoms with Gasteiger partial charge in [-0.15, -0.1) is 10.2 Å². The first-order valence-corrected chi connectivity index (χ1v) is 8.96.